The molecule has 0 aromatic heterocycles. The van der Waals surface area contributed by atoms with Gasteiger partial charge in [-0.25, -0.2) is 0 Å². The zero-order valence-electron chi connectivity index (χ0n) is 8.45. The van der Waals surface area contributed by atoms with Crippen LogP contribution in [0.5, 0.6) is 0 Å². The monoisotopic (exact) mass is 184 g/mol. The van der Waals surface area contributed by atoms with Crippen LogP contribution in [-0.4, -0.2) is 0 Å². The summed E-state index contributed by atoms with van der Waals surface area (Å²) >= 11 is 0. The van der Waals surface area contributed by atoms with Gasteiger partial charge in [0.05, 0.1) is 0 Å². The summed E-state index contributed by atoms with van der Waals surface area (Å²) in [6.07, 6.45) is 8.23. The van der Waals surface area contributed by atoms with Crippen LogP contribution in [0.2, 0.25) is 0 Å². The van der Waals surface area contributed by atoms with Crippen LogP contribution in [0.3, 0.4) is 0 Å². The summed E-state index contributed by atoms with van der Waals surface area (Å²) in [7, 11) is 0. The van der Waals surface area contributed by atoms with E-state index in [9.17, 15) is 0 Å². The Bertz CT molecular complexity index is 348. The molecule has 0 nitrogen and oxygen atoms in total. The number of hydrogen-bond donors (Lipinski definition) is 0. The molecular weight excluding hydrogens is 168 g/mol. The average molecular weight is 184 g/mol. The van der Waals surface area contributed by atoms with Crippen LogP contribution in [0.15, 0.2) is 36.4 Å². The highest BCUT2D eigenvalue weighted by Gasteiger charge is 2.30. The third-order valence-corrected chi connectivity index (χ3v) is 3.68. The Labute approximate surface area is 85.6 Å². The van der Waals surface area contributed by atoms with Gasteiger partial charge in [0.2, 0.25) is 0 Å². The SMILES string of the molecule is C1=C(c2ccccc2)C2CCCC1C2. The second-order valence-electron chi connectivity index (χ2n) is 4.61. The summed E-state index contributed by atoms with van der Waals surface area (Å²) in [5.74, 6) is 1.76. The number of allylic oxidation sites excluding steroid dienone is 2. The molecule has 1 aromatic rings. The van der Waals surface area contributed by atoms with E-state index in [1.54, 1.807) is 5.57 Å². The quantitative estimate of drug-likeness (QED) is 0.621. The van der Waals surface area contributed by atoms with E-state index in [1.807, 2.05) is 0 Å². The first-order chi connectivity index (χ1) is 6.93. The molecule has 1 saturated carbocycles. The fourth-order valence-electron chi connectivity index (χ4n) is 3.01. The van der Waals surface area contributed by atoms with Crippen LogP contribution in [0.1, 0.15) is 31.2 Å². The highest BCUT2D eigenvalue weighted by Crippen LogP contribution is 2.45. The minimum absolute atomic E-state index is 0.871. The molecule has 1 fully saturated rings. The second kappa shape index (κ2) is 3.27. The highest BCUT2D eigenvalue weighted by atomic mass is 14.3. The van der Waals surface area contributed by atoms with Crippen molar-refractivity contribution < 1.29 is 0 Å². The van der Waals surface area contributed by atoms with Crippen molar-refractivity contribution in [2.45, 2.75) is 25.7 Å². The van der Waals surface area contributed by atoms with Crippen LogP contribution in [0.4, 0.5) is 0 Å². The Balaban J connectivity index is 1.96. The maximum atomic E-state index is 2.53. The normalized spacial score (nSPS) is 30.1. The van der Waals surface area contributed by atoms with Crippen molar-refractivity contribution in [3.63, 3.8) is 0 Å². The summed E-state index contributed by atoms with van der Waals surface area (Å²) < 4.78 is 0. The Morgan fingerprint density at radius 1 is 1.00 bits per heavy atom. The lowest BCUT2D eigenvalue weighted by Gasteiger charge is -2.20. The molecule has 0 heteroatoms. The number of benzene rings is 1. The zero-order chi connectivity index (χ0) is 9.38. The number of hydrogen-bond acceptors (Lipinski definition) is 0. The van der Waals surface area contributed by atoms with Crippen LogP contribution in [-0.2, 0) is 0 Å². The van der Waals surface area contributed by atoms with Gasteiger partial charge in [-0.3, -0.25) is 0 Å². The lowest BCUT2D eigenvalue weighted by Crippen LogP contribution is -2.07. The van der Waals surface area contributed by atoms with Gasteiger partial charge in [-0.2, -0.15) is 0 Å². The average Bonchev–Trinajstić information content (AvgIpc) is 2.55. The van der Waals surface area contributed by atoms with Crippen molar-refractivity contribution in [3.8, 4) is 0 Å². The molecule has 0 radical (unpaired) electrons. The van der Waals surface area contributed by atoms with Crippen molar-refractivity contribution in [2.24, 2.45) is 11.8 Å². The summed E-state index contributed by atoms with van der Waals surface area (Å²) in [5, 5.41) is 0. The fourth-order valence-corrected chi connectivity index (χ4v) is 3.01. The Kier molecular flexibility index (Phi) is 1.93. The van der Waals surface area contributed by atoms with E-state index < -0.39 is 0 Å². The van der Waals surface area contributed by atoms with Crippen molar-refractivity contribution in [3.05, 3.63) is 42.0 Å². The van der Waals surface area contributed by atoms with E-state index in [1.165, 1.54) is 31.2 Å². The smallest absolute Gasteiger partial charge is 0.0153 e. The molecule has 14 heavy (non-hydrogen) atoms. The van der Waals surface area contributed by atoms with Crippen molar-refractivity contribution in [2.75, 3.05) is 0 Å². The summed E-state index contributed by atoms with van der Waals surface area (Å²) in [6.45, 7) is 0. The lowest BCUT2D eigenvalue weighted by atomic mass is 9.85. The van der Waals surface area contributed by atoms with Gasteiger partial charge in [-0.05, 0) is 42.2 Å². The second-order valence-corrected chi connectivity index (χ2v) is 4.61. The Hall–Kier alpha value is -1.04. The van der Waals surface area contributed by atoms with Gasteiger partial charge in [0.1, 0.15) is 0 Å². The molecule has 2 atom stereocenters. The van der Waals surface area contributed by atoms with Gasteiger partial charge >= 0.3 is 0 Å². The highest BCUT2D eigenvalue weighted by molar-refractivity contribution is 5.69. The molecule has 2 bridgehead atoms. The van der Waals surface area contributed by atoms with Gasteiger partial charge in [0, 0.05) is 0 Å². The first-order valence-corrected chi connectivity index (χ1v) is 5.70. The topological polar surface area (TPSA) is 0 Å². The van der Waals surface area contributed by atoms with Crippen molar-refractivity contribution in [1.82, 2.24) is 0 Å². The van der Waals surface area contributed by atoms with E-state index in [0.29, 0.717) is 0 Å². The van der Waals surface area contributed by atoms with Gasteiger partial charge < -0.3 is 0 Å². The molecule has 0 saturated heterocycles. The zero-order valence-corrected chi connectivity index (χ0v) is 8.45. The molecular formula is C14H16. The van der Waals surface area contributed by atoms with Gasteiger partial charge in [-0.15, -0.1) is 0 Å². The minimum atomic E-state index is 0.871. The van der Waals surface area contributed by atoms with Crippen LogP contribution in [0, 0.1) is 11.8 Å². The third-order valence-electron chi connectivity index (χ3n) is 3.68. The summed E-state index contributed by atoms with van der Waals surface area (Å²) in [5.41, 5.74) is 3.09. The molecule has 2 aliphatic carbocycles. The molecule has 0 aliphatic heterocycles. The summed E-state index contributed by atoms with van der Waals surface area (Å²) in [6, 6.07) is 10.9. The van der Waals surface area contributed by atoms with Crippen LogP contribution in [0.25, 0.3) is 5.57 Å². The molecule has 2 aliphatic rings. The van der Waals surface area contributed by atoms with E-state index in [4.69, 9.17) is 0 Å². The molecule has 72 valence electrons. The molecule has 0 N–H and O–H groups in total. The molecule has 1 aromatic carbocycles. The maximum absolute atomic E-state index is 2.53. The maximum Gasteiger partial charge on any atom is -0.0153 e. The van der Waals surface area contributed by atoms with E-state index in [0.717, 1.165) is 11.8 Å². The molecule has 0 spiro atoms. The third kappa shape index (κ3) is 1.30. The Morgan fingerprint density at radius 2 is 1.86 bits per heavy atom. The van der Waals surface area contributed by atoms with E-state index in [2.05, 4.69) is 36.4 Å². The number of rotatable bonds is 1. The fraction of sp³-hybridized carbons (Fsp3) is 0.429. The first-order valence-electron chi connectivity index (χ1n) is 5.70. The molecule has 0 heterocycles. The van der Waals surface area contributed by atoms with Crippen molar-refractivity contribution >= 4 is 5.57 Å². The van der Waals surface area contributed by atoms with Gasteiger partial charge in [0.25, 0.3) is 0 Å². The first kappa shape index (κ1) is 8.28. The van der Waals surface area contributed by atoms with Crippen LogP contribution >= 0.6 is 0 Å². The minimum Gasteiger partial charge on any atom is -0.0773 e. The molecule has 0 amide bonds. The van der Waals surface area contributed by atoms with Crippen molar-refractivity contribution in [1.29, 1.82) is 0 Å². The van der Waals surface area contributed by atoms with E-state index in [-0.39, 0.29) is 0 Å². The van der Waals surface area contributed by atoms with Crippen LogP contribution < -0.4 is 0 Å². The number of fused-ring (bicyclic) bond motifs is 2. The van der Waals surface area contributed by atoms with Gasteiger partial charge in [0.15, 0.2) is 0 Å². The lowest BCUT2D eigenvalue weighted by molar-refractivity contribution is 0.387. The Morgan fingerprint density at radius 3 is 2.64 bits per heavy atom. The molecule has 3 rings (SSSR count). The van der Waals surface area contributed by atoms with Gasteiger partial charge in [-0.1, -0.05) is 42.8 Å². The largest absolute Gasteiger partial charge is 0.0773 e. The molecule has 2 unspecified atom stereocenters. The predicted octanol–water partition coefficient (Wildman–Crippen LogP) is 3.89. The van der Waals surface area contributed by atoms with E-state index >= 15 is 0 Å². The predicted molar refractivity (Wildman–Crippen MR) is 59.9 cm³/mol. The standard InChI is InChI=1S/C14H16/c1-2-6-12(7-3-1)14-10-11-5-4-8-13(14)9-11/h1-3,6-7,10-11,13H,4-5,8-9H2. The summed E-state index contributed by atoms with van der Waals surface area (Å²) in [4.78, 5) is 0.